The third-order valence-corrected chi connectivity index (χ3v) is 5.78. The zero-order valence-electron chi connectivity index (χ0n) is 18.2. The van der Waals surface area contributed by atoms with Crippen molar-refractivity contribution >= 4 is 35.7 Å². The molecule has 0 bridgehead atoms. The van der Waals surface area contributed by atoms with Gasteiger partial charge in [0.1, 0.15) is 6.04 Å². The van der Waals surface area contributed by atoms with Crippen molar-refractivity contribution in [1.29, 1.82) is 0 Å². The Morgan fingerprint density at radius 1 is 1.06 bits per heavy atom. The van der Waals surface area contributed by atoms with Gasteiger partial charge < -0.3 is 11.1 Å². The fraction of sp³-hybridized carbons (Fsp3) is 0.192. The number of hydrogen-bond acceptors (Lipinski definition) is 4. The average molecular weight is 446 g/mol. The first-order valence-corrected chi connectivity index (χ1v) is 11.8. The summed E-state index contributed by atoms with van der Waals surface area (Å²) in [5.74, 6) is -0.104. The van der Waals surface area contributed by atoms with E-state index in [0.717, 1.165) is 33.6 Å². The van der Waals surface area contributed by atoms with Crippen molar-refractivity contribution in [2.24, 2.45) is 5.73 Å². The van der Waals surface area contributed by atoms with Gasteiger partial charge in [-0.1, -0.05) is 48.6 Å². The van der Waals surface area contributed by atoms with Gasteiger partial charge in [0.05, 0.1) is 0 Å². The van der Waals surface area contributed by atoms with Crippen molar-refractivity contribution in [2.75, 3.05) is 12.0 Å². The number of primary amides is 1. The van der Waals surface area contributed by atoms with Crippen LogP contribution in [-0.4, -0.2) is 34.8 Å². The highest BCUT2D eigenvalue weighted by molar-refractivity contribution is 7.98. The fourth-order valence-electron chi connectivity index (χ4n) is 3.39. The molecule has 0 radical (unpaired) electrons. The number of aromatic nitrogens is 1. The van der Waals surface area contributed by atoms with Crippen molar-refractivity contribution in [3.63, 3.8) is 0 Å². The first-order valence-electron chi connectivity index (χ1n) is 10.4. The number of rotatable bonds is 9. The van der Waals surface area contributed by atoms with Crippen LogP contribution < -0.4 is 11.1 Å². The van der Waals surface area contributed by atoms with Crippen molar-refractivity contribution in [2.45, 2.75) is 19.4 Å². The number of carbonyl (C=O) groups is 2. The van der Waals surface area contributed by atoms with Gasteiger partial charge in [-0.25, -0.2) is 0 Å². The van der Waals surface area contributed by atoms with E-state index in [1.54, 1.807) is 30.2 Å². The molecule has 0 spiro atoms. The molecule has 5 nitrogen and oxygen atoms in total. The predicted molar refractivity (Wildman–Crippen MR) is 133 cm³/mol. The lowest BCUT2D eigenvalue weighted by Crippen LogP contribution is -2.44. The van der Waals surface area contributed by atoms with Crippen LogP contribution in [0.3, 0.4) is 0 Å². The molecule has 1 aromatic heterocycles. The lowest BCUT2D eigenvalue weighted by Gasteiger charge is -2.18. The Balaban J connectivity index is 1.98. The Hall–Kier alpha value is -3.38. The van der Waals surface area contributed by atoms with E-state index in [9.17, 15) is 9.59 Å². The van der Waals surface area contributed by atoms with Crippen molar-refractivity contribution in [3.8, 4) is 11.1 Å². The maximum absolute atomic E-state index is 13.2. The Morgan fingerprint density at radius 3 is 2.53 bits per heavy atom. The summed E-state index contributed by atoms with van der Waals surface area (Å²) >= 11 is 1.61. The molecule has 0 fully saturated rings. The number of nitrogens with zero attached hydrogens (tertiary/aromatic N) is 1. The fourth-order valence-corrected chi connectivity index (χ4v) is 3.86. The second kappa shape index (κ2) is 11.3. The second-order valence-electron chi connectivity index (χ2n) is 7.45. The van der Waals surface area contributed by atoms with E-state index in [0.29, 0.717) is 12.0 Å². The number of pyridine rings is 1. The monoisotopic (exact) mass is 445 g/mol. The minimum absolute atomic E-state index is 0.309. The minimum atomic E-state index is -0.704. The Morgan fingerprint density at radius 2 is 1.84 bits per heavy atom. The van der Waals surface area contributed by atoms with Gasteiger partial charge in [-0.05, 0) is 71.4 Å². The molecule has 2 amide bonds. The molecule has 3 N–H and O–H groups in total. The number of aryl methyl sites for hydroxylation is 1. The van der Waals surface area contributed by atoms with Crippen LogP contribution in [0.15, 0.2) is 67.0 Å². The predicted octanol–water partition coefficient (Wildman–Crippen LogP) is 4.56. The molecule has 0 aliphatic rings. The summed E-state index contributed by atoms with van der Waals surface area (Å²) in [5.41, 5.74) is 10.8. The lowest BCUT2D eigenvalue weighted by atomic mass is 9.93. The maximum Gasteiger partial charge on any atom is 0.252 e. The lowest BCUT2D eigenvalue weighted by molar-refractivity contribution is -0.119. The molecule has 3 aromatic rings. The molecule has 0 saturated heterocycles. The zero-order valence-corrected chi connectivity index (χ0v) is 19.1. The Kier molecular flexibility index (Phi) is 8.22. The van der Waals surface area contributed by atoms with Crippen molar-refractivity contribution < 1.29 is 9.59 Å². The number of thioether (sulfide) groups is 1. The molecule has 6 heteroatoms. The number of nitrogens with one attached hydrogen (secondary N) is 1. The van der Waals surface area contributed by atoms with Crippen LogP contribution in [0.4, 0.5) is 0 Å². The highest BCUT2D eigenvalue weighted by Gasteiger charge is 2.21. The van der Waals surface area contributed by atoms with Gasteiger partial charge in [0.15, 0.2) is 0 Å². The summed E-state index contributed by atoms with van der Waals surface area (Å²) in [5, 5.41) is 2.82. The van der Waals surface area contributed by atoms with Crippen LogP contribution in [-0.2, 0) is 4.79 Å². The van der Waals surface area contributed by atoms with Gasteiger partial charge in [-0.3, -0.25) is 14.6 Å². The number of hydrogen-bond donors (Lipinski definition) is 2. The standard InChI is InChI=1S/C26H27N3O2S/c1-18-6-3-4-8-21(18)23-16-19(9-10-20-7-5-14-28-17-20)11-12-22(23)26(31)29-24(25(27)30)13-15-32-2/h3-12,14,16-17,24H,13,15H2,1-2H3,(H2,27,30)(H,29,31)/t24-/m0/s1. The highest BCUT2D eigenvalue weighted by atomic mass is 32.2. The normalized spacial score (nSPS) is 11.9. The topological polar surface area (TPSA) is 85.1 Å². The Labute approximate surface area is 193 Å². The molecule has 0 saturated carbocycles. The SMILES string of the molecule is CSCC[C@H](NC(=O)c1ccc(C=Cc2cccnc2)cc1-c1ccccc1C)C(N)=O. The van der Waals surface area contributed by atoms with Gasteiger partial charge in [0.25, 0.3) is 5.91 Å². The van der Waals surface area contributed by atoms with Crippen molar-refractivity contribution in [3.05, 3.63) is 89.2 Å². The van der Waals surface area contributed by atoms with Gasteiger partial charge in [0, 0.05) is 18.0 Å². The Bertz CT molecular complexity index is 1110. The first-order chi connectivity index (χ1) is 15.5. The molecule has 2 aromatic carbocycles. The summed E-state index contributed by atoms with van der Waals surface area (Å²) in [4.78, 5) is 29.1. The molecule has 1 heterocycles. The van der Waals surface area contributed by atoms with Gasteiger partial charge in [-0.15, -0.1) is 0 Å². The summed E-state index contributed by atoms with van der Waals surface area (Å²) in [6.07, 6.45) is 9.95. The molecule has 0 aliphatic carbocycles. The van der Waals surface area contributed by atoms with Crippen LogP contribution in [0.5, 0.6) is 0 Å². The largest absolute Gasteiger partial charge is 0.368 e. The van der Waals surface area contributed by atoms with E-state index in [2.05, 4.69) is 10.3 Å². The van der Waals surface area contributed by atoms with Gasteiger partial charge in [0.2, 0.25) is 5.91 Å². The van der Waals surface area contributed by atoms with Crippen LogP contribution in [0.1, 0.15) is 33.5 Å². The molecular formula is C26H27N3O2S. The third-order valence-electron chi connectivity index (χ3n) is 5.14. The van der Waals surface area contributed by atoms with Gasteiger partial charge >= 0.3 is 0 Å². The summed E-state index contributed by atoms with van der Waals surface area (Å²) < 4.78 is 0. The van der Waals surface area contributed by atoms with E-state index in [4.69, 9.17) is 5.73 Å². The molecule has 32 heavy (non-hydrogen) atoms. The summed E-state index contributed by atoms with van der Waals surface area (Å²) in [6, 6.07) is 16.8. The number of carbonyl (C=O) groups excluding carboxylic acids is 2. The van der Waals surface area contributed by atoms with E-state index >= 15 is 0 Å². The van der Waals surface area contributed by atoms with E-state index in [1.807, 2.05) is 73.9 Å². The van der Waals surface area contributed by atoms with E-state index in [-0.39, 0.29) is 5.91 Å². The summed E-state index contributed by atoms with van der Waals surface area (Å²) in [7, 11) is 0. The van der Waals surface area contributed by atoms with Gasteiger partial charge in [-0.2, -0.15) is 11.8 Å². The van der Waals surface area contributed by atoms with Crippen molar-refractivity contribution in [1.82, 2.24) is 10.3 Å². The zero-order chi connectivity index (χ0) is 22.9. The average Bonchev–Trinajstić information content (AvgIpc) is 2.81. The van der Waals surface area contributed by atoms with Crippen LogP contribution in [0, 0.1) is 6.92 Å². The quantitative estimate of drug-likeness (QED) is 0.505. The maximum atomic E-state index is 13.2. The molecule has 1 atom stereocenters. The minimum Gasteiger partial charge on any atom is -0.368 e. The van der Waals surface area contributed by atoms with Crippen LogP contribution in [0.25, 0.3) is 23.3 Å². The summed E-state index contributed by atoms with van der Waals surface area (Å²) in [6.45, 7) is 2.01. The number of nitrogens with two attached hydrogens (primary N) is 1. The third kappa shape index (κ3) is 6.08. The highest BCUT2D eigenvalue weighted by Crippen LogP contribution is 2.29. The molecule has 164 valence electrons. The number of amides is 2. The van der Waals surface area contributed by atoms with Crippen LogP contribution >= 0.6 is 11.8 Å². The molecule has 0 unspecified atom stereocenters. The van der Waals surface area contributed by atoms with E-state index < -0.39 is 11.9 Å². The molecule has 0 aliphatic heterocycles. The first kappa shape index (κ1) is 23.3. The van der Waals surface area contributed by atoms with Crippen LogP contribution in [0.2, 0.25) is 0 Å². The second-order valence-corrected chi connectivity index (χ2v) is 8.44. The molecular weight excluding hydrogens is 418 g/mol. The van der Waals surface area contributed by atoms with E-state index in [1.165, 1.54) is 0 Å². The smallest absolute Gasteiger partial charge is 0.252 e. The molecule has 3 rings (SSSR count). The number of benzene rings is 2.